The Morgan fingerprint density at radius 3 is 2.53 bits per heavy atom. The first-order chi connectivity index (χ1) is 9.20. The number of benzene rings is 2. The predicted molar refractivity (Wildman–Crippen MR) is 78.4 cm³/mol. The van der Waals surface area contributed by atoms with E-state index in [4.69, 9.17) is 0 Å². The Morgan fingerprint density at radius 2 is 1.68 bits per heavy atom. The Kier molecular flexibility index (Phi) is 2.19. The van der Waals surface area contributed by atoms with E-state index in [1.807, 2.05) is 0 Å². The molecule has 0 amide bonds. The van der Waals surface area contributed by atoms with E-state index in [0.717, 1.165) is 13.0 Å². The van der Waals surface area contributed by atoms with E-state index in [2.05, 4.69) is 67.4 Å². The summed E-state index contributed by atoms with van der Waals surface area (Å²) in [6, 6.07) is 18.6. The first-order valence-electron chi connectivity index (χ1n) is 7.08. The van der Waals surface area contributed by atoms with Crippen molar-refractivity contribution in [1.29, 1.82) is 0 Å². The van der Waals surface area contributed by atoms with Crippen LogP contribution in [0.15, 0.2) is 48.5 Å². The van der Waals surface area contributed by atoms with E-state index < -0.39 is 0 Å². The summed E-state index contributed by atoms with van der Waals surface area (Å²) >= 11 is 0. The molecule has 19 heavy (non-hydrogen) atoms. The average molecular weight is 249 g/mol. The Hall–Kier alpha value is -1.60. The number of rotatable bonds is 0. The second kappa shape index (κ2) is 3.71. The van der Waals surface area contributed by atoms with E-state index in [9.17, 15) is 0 Å². The lowest BCUT2D eigenvalue weighted by Crippen LogP contribution is -2.43. The van der Waals surface area contributed by atoms with Gasteiger partial charge in [0.05, 0.1) is 0 Å². The molecule has 1 nitrogen and oxygen atoms in total. The van der Waals surface area contributed by atoms with Crippen molar-refractivity contribution in [3.63, 3.8) is 0 Å². The summed E-state index contributed by atoms with van der Waals surface area (Å²) < 4.78 is 0. The summed E-state index contributed by atoms with van der Waals surface area (Å²) in [6.07, 6.45) is 1.14. The highest BCUT2D eigenvalue weighted by Gasteiger charge is 2.44. The van der Waals surface area contributed by atoms with Crippen molar-refractivity contribution in [3.05, 3.63) is 70.8 Å². The normalized spacial score (nSPS) is 28.6. The van der Waals surface area contributed by atoms with Gasteiger partial charge in [-0.1, -0.05) is 55.5 Å². The third-order valence-electron chi connectivity index (χ3n) is 5.04. The smallest absolute Gasteiger partial charge is 0.0389 e. The fraction of sp³-hybridized carbons (Fsp3) is 0.333. The predicted octanol–water partition coefficient (Wildman–Crippen LogP) is 3.54. The number of hydrogen-bond acceptors (Lipinski definition) is 1. The lowest BCUT2D eigenvalue weighted by Gasteiger charge is -2.42. The Morgan fingerprint density at radius 1 is 1.00 bits per heavy atom. The third-order valence-corrected chi connectivity index (χ3v) is 5.04. The summed E-state index contributed by atoms with van der Waals surface area (Å²) in [4.78, 5) is 2.53. The van der Waals surface area contributed by atoms with Gasteiger partial charge in [-0.25, -0.2) is 0 Å². The minimum atomic E-state index is 0.134. The minimum absolute atomic E-state index is 0.134. The van der Waals surface area contributed by atoms with Gasteiger partial charge >= 0.3 is 0 Å². The topological polar surface area (TPSA) is 3.24 Å². The minimum Gasteiger partial charge on any atom is -0.298 e. The van der Waals surface area contributed by atoms with Gasteiger partial charge in [0.2, 0.25) is 0 Å². The Bertz CT molecular complexity index is 646. The SMILES string of the molecule is CN1CC2(C)c3ccccc3CC1c1ccccc12. The van der Waals surface area contributed by atoms with Crippen LogP contribution in [0.25, 0.3) is 0 Å². The van der Waals surface area contributed by atoms with Gasteiger partial charge < -0.3 is 0 Å². The summed E-state index contributed by atoms with van der Waals surface area (Å²) in [7, 11) is 2.27. The van der Waals surface area contributed by atoms with Gasteiger partial charge in [0.1, 0.15) is 0 Å². The molecule has 1 heteroatoms. The van der Waals surface area contributed by atoms with Crippen molar-refractivity contribution in [3.8, 4) is 0 Å². The van der Waals surface area contributed by atoms with Crippen LogP contribution in [0.2, 0.25) is 0 Å². The average Bonchev–Trinajstić information content (AvgIpc) is 2.61. The number of hydrogen-bond donors (Lipinski definition) is 0. The molecule has 2 unspecified atom stereocenters. The summed E-state index contributed by atoms with van der Waals surface area (Å²) in [5.74, 6) is 0. The molecule has 3 aliphatic rings. The van der Waals surface area contributed by atoms with E-state index in [1.54, 1.807) is 0 Å². The molecule has 2 heterocycles. The molecule has 0 aromatic heterocycles. The van der Waals surface area contributed by atoms with Gasteiger partial charge in [0.25, 0.3) is 0 Å². The van der Waals surface area contributed by atoms with Crippen molar-refractivity contribution >= 4 is 0 Å². The maximum atomic E-state index is 2.53. The van der Waals surface area contributed by atoms with Crippen molar-refractivity contribution in [1.82, 2.24) is 4.90 Å². The van der Waals surface area contributed by atoms with Gasteiger partial charge in [-0.2, -0.15) is 0 Å². The molecular formula is C18H19N. The first-order valence-corrected chi connectivity index (χ1v) is 7.08. The van der Waals surface area contributed by atoms with Crippen LogP contribution in [0, 0.1) is 0 Å². The highest BCUT2D eigenvalue weighted by Crippen LogP contribution is 2.48. The highest BCUT2D eigenvalue weighted by atomic mass is 15.1. The lowest BCUT2D eigenvalue weighted by atomic mass is 9.72. The van der Waals surface area contributed by atoms with Crippen LogP contribution in [-0.4, -0.2) is 18.5 Å². The second-order valence-corrected chi connectivity index (χ2v) is 6.21. The van der Waals surface area contributed by atoms with Crippen molar-refractivity contribution in [2.75, 3.05) is 13.6 Å². The number of nitrogens with zero attached hydrogens (tertiary/aromatic N) is 1. The molecule has 0 N–H and O–H groups in total. The third kappa shape index (κ3) is 1.39. The van der Waals surface area contributed by atoms with Crippen LogP contribution in [-0.2, 0) is 11.8 Å². The molecule has 5 rings (SSSR count). The van der Waals surface area contributed by atoms with E-state index in [-0.39, 0.29) is 5.41 Å². The Balaban J connectivity index is 2.08. The van der Waals surface area contributed by atoms with E-state index >= 15 is 0 Å². The molecule has 0 radical (unpaired) electrons. The van der Waals surface area contributed by atoms with Gasteiger partial charge in [-0.3, -0.25) is 4.90 Å². The number of fused-ring (bicyclic) bond motifs is 1. The summed E-state index contributed by atoms with van der Waals surface area (Å²) in [5, 5.41) is 0. The molecule has 2 atom stereocenters. The largest absolute Gasteiger partial charge is 0.298 e. The van der Waals surface area contributed by atoms with Crippen molar-refractivity contribution in [2.24, 2.45) is 0 Å². The maximum absolute atomic E-state index is 2.53. The van der Waals surface area contributed by atoms with Gasteiger partial charge in [0.15, 0.2) is 0 Å². The van der Waals surface area contributed by atoms with E-state index in [0.29, 0.717) is 6.04 Å². The Labute approximate surface area is 114 Å². The lowest BCUT2D eigenvalue weighted by molar-refractivity contribution is 0.196. The molecule has 0 saturated carbocycles. The molecule has 1 aliphatic carbocycles. The molecule has 2 aromatic carbocycles. The standard InChI is InChI=1S/C18H19N/c1-18-12-19(2)17(14-8-4-6-10-16(14)18)11-13-7-3-5-9-15(13)18/h3-10,17H,11-12H2,1-2H3. The molecule has 2 aliphatic heterocycles. The van der Waals surface area contributed by atoms with Crippen LogP contribution in [0.5, 0.6) is 0 Å². The van der Waals surface area contributed by atoms with Crippen LogP contribution in [0.1, 0.15) is 35.2 Å². The zero-order chi connectivity index (χ0) is 13.0. The molecular weight excluding hydrogens is 230 g/mol. The van der Waals surface area contributed by atoms with Crippen LogP contribution < -0.4 is 0 Å². The first kappa shape index (κ1) is 11.2. The maximum Gasteiger partial charge on any atom is 0.0389 e. The van der Waals surface area contributed by atoms with Gasteiger partial charge in [0, 0.05) is 18.0 Å². The molecule has 0 saturated heterocycles. The monoisotopic (exact) mass is 249 g/mol. The van der Waals surface area contributed by atoms with Crippen LogP contribution in [0.3, 0.4) is 0 Å². The highest BCUT2D eigenvalue weighted by molar-refractivity contribution is 5.52. The molecule has 96 valence electrons. The molecule has 0 spiro atoms. The summed E-state index contributed by atoms with van der Waals surface area (Å²) in [5.41, 5.74) is 6.23. The molecule has 0 fully saturated rings. The van der Waals surface area contributed by atoms with E-state index in [1.165, 1.54) is 22.3 Å². The fourth-order valence-electron chi connectivity index (χ4n) is 4.16. The molecule has 2 bridgehead atoms. The van der Waals surface area contributed by atoms with Crippen molar-refractivity contribution < 1.29 is 0 Å². The van der Waals surface area contributed by atoms with Crippen molar-refractivity contribution in [2.45, 2.75) is 24.8 Å². The summed E-state index contributed by atoms with van der Waals surface area (Å²) in [6.45, 7) is 3.52. The molecule has 2 aromatic rings. The zero-order valence-electron chi connectivity index (χ0n) is 11.6. The zero-order valence-corrected chi connectivity index (χ0v) is 11.6. The quantitative estimate of drug-likeness (QED) is 0.690. The second-order valence-electron chi connectivity index (χ2n) is 6.21. The van der Waals surface area contributed by atoms with Gasteiger partial charge in [-0.15, -0.1) is 0 Å². The van der Waals surface area contributed by atoms with Crippen LogP contribution >= 0.6 is 0 Å². The van der Waals surface area contributed by atoms with Gasteiger partial charge in [-0.05, 0) is 35.7 Å². The number of likely N-dealkylation sites (N-methyl/N-ethyl adjacent to an activating group) is 1. The fourth-order valence-corrected chi connectivity index (χ4v) is 4.16. The van der Waals surface area contributed by atoms with Crippen LogP contribution in [0.4, 0.5) is 0 Å².